The van der Waals surface area contributed by atoms with Crippen LogP contribution in [0.3, 0.4) is 0 Å². The minimum absolute atomic E-state index is 0.0300. The first-order valence-electron chi connectivity index (χ1n) is 3.97. The molecule has 0 saturated carbocycles. The lowest BCUT2D eigenvalue weighted by molar-refractivity contribution is -0.380. The number of aromatic nitrogens is 1. The largest absolute Gasteiger partial charge is 0.460 e. The Kier molecular flexibility index (Phi) is 2.84. The van der Waals surface area contributed by atoms with Crippen LogP contribution in [0.1, 0.15) is 15.6 Å². The van der Waals surface area contributed by atoms with E-state index in [1.807, 2.05) is 0 Å². The van der Waals surface area contributed by atoms with Gasteiger partial charge in [0.2, 0.25) is 0 Å². The molecule has 2 heterocycles. The van der Waals surface area contributed by atoms with Crippen molar-refractivity contribution in [2.24, 2.45) is 0 Å². The van der Waals surface area contributed by atoms with Gasteiger partial charge >= 0.3 is 5.00 Å². The minimum Gasteiger partial charge on any atom is -0.460 e. The molecule has 0 fully saturated rings. The summed E-state index contributed by atoms with van der Waals surface area (Å²) in [6, 6.07) is 1.56. The molecule has 0 aliphatic carbocycles. The van der Waals surface area contributed by atoms with Gasteiger partial charge in [0.1, 0.15) is 6.20 Å². The summed E-state index contributed by atoms with van der Waals surface area (Å²) in [4.78, 5) is 25.3. The number of carbonyl (C=O) groups excluding carboxylic acids is 1. The van der Waals surface area contributed by atoms with Crippen LogP contribution in [0.2, 0.25) is 0 Å². The van der Waals surface area contributed by atoms with Crippen molar-refractivity contribution >= 4 is 38.1 Å². The maximum absolute atomic E-state index is 11.8. The number of hydrogen-bond donors (Lipinski definition) is 0. The fourth-order valence-electron chi connectivity index (χ4n) is 1.01. The number of ketones is 1. The van der Waals surface area contributed by atoms with Crippen LogP contribution >= 0.6 is 27.3 Å². The van der Waals surface area contributed by atoms with E-state index in [4.69, 9.17) is 4.42 Å². The normalized spacial score (nSPS) is 10.3. The number of nitrogens with zero attached hydrogens (tertiary/aromatic N) is 2. The maximum Gasteiger partial charge on any atom is 0.344 e. The fourth-order valence-corrected chi connectivity index (χ4v) is 2.06. The van der Waals surface area contributed by atoms with Gasteiger partial charge in [-0.1, -0.05) is 0 Å². The van der Waals surface area contributed by atoms with Crippen molar-refractivity contribution in [2.45, 2.75) is 0 Å². The molecule has 0 saturated heterocycles. The maximum atomic E-state index is 11.8. The average Bonchev–Trinajstić information content (AvgIpc) is 2.84. The van der Waals surface area contributed by atoms with E-state index in [1.54, 1.807) is 6.07 Å². The highest BCUT2D eigenvalue weighted by Gasteiger charge is 2.22. The zero-order valence-electron chi connectivity index (χ0n) is 7.55. The number of carbonyl (C=O) groups is 1. The minimum atomic E-state index is -0.592. The van der Waals surface area contributed by atoms with Crippen molar-refractivity contribution < 1.29 is 14.1 Å². The molecular weight excluding hydrogens is 300 g/mol. The highest BCUT2D eigenvalue weighted by Crippen LogP contribution is 2.26. The third-order valence-electron chi connectivity index (χ3n) is 1.69. The van der Waals surface area contributed by atoms with Gasteiger partial charge < -0.3 is 4.42 Å². The summed E-state index contributed by atoms with van der Waals surface area (Å²) in [5.74, 6) is -0.390. The van der Waals surface area contributed by atoms with Crippen LogP contribution in [0.4, 0.5) is 5.00 Å². The third kappa shape index (κ3) is 1.89. The Morgan fingerprint density at radius 3 is 2.88 bits per heavy atom. The summed E-state index contributed by atoms with van der Waals surface area (Å²) in [5.41, 5.74) is 0. The standard InChI is InChI=1S/C8H3BrN2O4S/c9-4-1-2-15-7(4)6(12)8-10-3-5(16-8)11(13)14/h1-3H. The van der Waals surface area contributed by atoms with Crippen LogP contribution in [0, 0.1) is 10.1 Å². The van der Waals surface area contributed by atoms with Crippen molar-refractivity contribution in [3.8, 4) is 0 Å². The van der Waals surface area contributed by atoms with E-state index in [2.05, 4.69) is 20.9 Å². The summed E-state index contributed by atoms with van der Waals surface area (Å²) in [6.07, 6.45) is 2.40. The smallest absolute Gasteiger partial charge is 0.344 e. The topological polar surface area (TPSA) is 86.2 Å². The van der Waals surface area contributed by atoms with Gasteiger partial charge in [-0.3, -0.25) is 14.9 Å². The van der Waals surface area contributed by atoms with Crippen LogP contribution in [0.5, 0.6) is 0 Å². The predicted molar refractivity (Wildman–Crippen MR) is 58.6 cm³/mol. The summed E-state index contributed by atoms with van der Waals surface area (Å²) < 4.78 is 5.45. The van der Waals surface area contributed by atoms with Crippen molar-refractivity contribution in [1.82, 2.24) is 4.98 Å². The van der Waals surface area contributed by atoms with Crippen molar-refractivity contribution in [2.75, 3.05) is 0 Å². The van der Waals surface area contributed by atoms with E-state index in [0.717, 1.165) is 6.20 Å². The van der Waals surface area contributed by atoms with Crippen molar-refractivity contribution in [3.63, 3.8) is 0 Å². The van der Waals surface area contributed by atoms with Gasteiger partial charge in [-0.2, -0.15) is 0 Å². The van der Waals surface area contributed by atoms with E-state index >= 15 is 0 Å². The molecule has 0 spiro atoms. The van der Waals surface area contributed by atoms with Gasteiger partial charge in [0.15, 0.2) is 10.8 Å². The van der Waals surface area contributed by atoms with Crippen LogP contribution in [-0.2, 0) is 0 Å². The van der Waals surface area contributed by atoms with E-state index < -0.39 is 10.7 Å². The highest BCUT2D eigenvalue weighted by molar-refractivity contribution is 9.10. The number of halogens is 1. The molecule has 0 atom stereocenters. The average molecular weight is 303 g/mol. The lowest BCUT2D eigenvalue weighted by Gasteiger charge is -1.91. The molecule has 0 aliphatic heterocycles. The van der Waals surface area contributed by atoms with E-state index in [1.165, 1.54) is 6.26 Å². The SMILES string of the molecule is O=C(c1ncc([N+](=O)[O-])s1)c1occc1Br. The number of thiazole rings is 1. The quantitative estimate of drug-likeness (QED) is 0.494. The van der Waals surface area contributed by atoms with Gasteiger partial charge in [-0.15, -0.1) is 0 Å². The Hall–Kier alpha value is -1.54. The lowest BCUT2D eigenvalue weighted by atomic mass is 10.3. The third-order valence-corrected chi connectivity index (χ3v) is 3.26. The number of furan rings is 1. The van der Waals surface area contributed by atoms with Crippen LogP contribution in [0.15, 0.2) is 27.4 Å². The molecule has 2 aromatic rings. The first-order valence-corrected chi connectivity index (χ1v) is 5.58. The van der Waals surface area contributed by atoms with Gasteiger partial charge in [0.05, 0.1) is 15.7 Å². The van der Waals surface area contributed by atoms with Crippen LogP contribution in [-0.4, -0.2) is 15.7 Å². The van der Waals surface area contributed by atoms with E-state index in [9.17, 15) is 14.9 Å². The molecule has 2 aromatic heterocycles. The van der Waals surface area contributed by atoms with Gasteiger partial charge in [-0.25, -0.2) is 4.98 Å². The molecule has 0 N–H and O–H groups in total. The van der Waals surface area contributed by atoms with Crippen LogP contribution < -0.4 is 0 Å². The number of hydrogen-bond acceptors (Lipinski definition) is 6. The number of rotatable bonds is 3. The molecule has 0 radical (unpaired) electrons. The Bertz CT molecular complexity index is 562. The second kappa shape index (κ2) is 4.14. The molecule has 0 bridgehead atoms. The zero-order valence-corrected chi connectivity index (χ0v) is 9.95. The Morgan fingerprint density at radius 2 is 2.38 bits per heavy atom. The van der Waals surface area contributed by atoms with Crippen LogP contribution in [0.25, 0.3) is 0 Å². The second-order valence-electron chi connectivity index (χ2n) is 2.69. The van der Waals surface area contributed by atoms with Crippen molar-refractivity contribution in [3.05, 3.63) is 43.9 Å². The molecule has 82 valence electrons. The second-order valence-corrected chi connectivity index (χ2v) is 4.55. The van der Waals surface area contributed by atoms with Gasteiger partial charge in [-0.05, 0) is 33.3 Å². The molecule has 16 heavy (non-hydrogen) atoms. The molecular formula is C8H3BrN2O4S. The first-order chi connectivity index (χ1) is 7.59. The molecule has 0 unspecified atom stereocenters. The Balaban J connectivity index is 2.35. The van der Waals surface area contributed by atoms with E-state index in [0.29, 0.717) is 15.8 Å². The fraction of sp³-hybridized carbons (Fsp3) is 0. The summed E-state index contributed by atoms with van der Waals surface area (Å²) in [5, 5.41) is 10.3. The monoisotopic (exact) mass is 302 g/mol. The van der Waals surface area contributed by atoms with Gasteiger partial charge in [0.25, 0.3) is 5.78 Å². The predicted octanol–water partition coefficient (Wildman–Crippen LogP) is 2.64. The summed E-state index contributed by atoms with van der Waals surface area (Å²) >= 11 is 3.84. The highest BCUT2D eigenvalue weighted by atomic mass is 79.9. The molecule has 0 aromatic carbocycles. The zero-order chi connectivity index (χ0) is 11.7. The van der Waals surface area contributed by atoms with E-state index in [-0.39, 0.29) is 15.8 Å². The molecule has 6 nitrogen and oxygen atoms in total. The Morgan fingerprint density at radius 1 is 1.62 bits per heavy atom. The molecule has 0 aliphatic rings. The lowest BCUT2D eigenvalue weighted by Crippen LogP contribution is -1.98. The summed E-state index contributed by atoms with van der Waals surface area (Å²) in [6.45, 7) is 0. The molecule has 8 heteroatoms. The number of nitro groups is 1. The molecule has 2 rings (SSSR count). The van der Waals surface area contributed by atoms with Gasteiger partial charge in [0, 0.05) is 0 Å². The summed E-state index contributed by atoms with van der Waals surface area (Å²) in [7, 11) is 0. The molecule has 0 amide bonds. The Labute approximate surface area is 101 Å². The van der Waals surface area contributed by atoms with Crippen molar-refractivity contribution in [1.29, 1.82) is 0 Å². The first kappa shape index (κ1) is 11.0.